The molecule has 1 aromatic carbocycles. The van der Waals surface area contributed by atoms with Gasteiger partial charge in [0.05, 0.1) is 6.04 Å². The second-order valence-electron chi connectivity index (χ2n) is 5.66. The Bertz CT molecular complexity index is 511. The molecule has 0 radical (unpaired) electrons. The van der Waals surface area contributed by atoms with Gasteiger partial charge in [-0.25, -0.2) is 0 Å². The van der Waals surface area contributed by atoms with Crippen LogP contribution in [0.15, 0.2) is 54.9 Å². The summed E-state index contributed by atoms with van der Waals surface area (Å²) in [6.07, 6.45) is 5.95. The summed E-state index contributed by atoms with van der Waals surface area (Å²) in [7, 11) is 2.14. The van der Waals surface area contributed by atoms with E-state index >= 15 is 0 Å². The summed E-state index contributed by atoms with van der Waals surface area (Å²) in [5.41, 5.74) is 8.77. The average molecular weight is 283 g/mol. The first kappa shape index (κ1) is 15.7. The van der Waals surface area contributed by atoms with Crippen LogP contribution in [0.4, 0.5) is 0 Å². The molecular formula is C18H25N3. The lowest BCUT2D eigenvalue weighted by molar-refractivity contribution is 0.216. The lowest BCUT2D eigenvalue weighted by Crippen LogP contribution is -2.38. The van der Waals surface area contributed by atoms with Gasteiger partial charge in [0.15, 0.2) is 0 Å². The van der Waals surface area contributed by atoms with E-state index in [0.717, 1.165) is 19.4 Å². The Balaban J connectivity index is 1.92. The standard InChI is InChI=1S/C18H25N3/c1-15(19)18(17-11-6-12-20-14-17)21(2)13-7-10-16-8-4-3-5-9-16/h3-6,8-9,11-12,14-15,18H,7,10,13,19H2,1-2H3. The topological polar surface area (TPSA) is 42.1 Å². The van der Waals surface area contributed by atoms with Crippen LogP contribution in [-0.4, -0.2) is 29.5 Å². The SMILES string of the molecule is CC(N)C(c1cccnc1)N(C)CCCc1ccccc1. The van der Waals surface area contributed by atoms with Gasteiger partial charge in [-0.2, -0.15) is 0 Å². The maximum absolute atomic E-state index is 6.18. The minimum absolute atomic E-state index is 0.0796. The van der Waals surface area contributed by atoms with Crippen LogP contribution in [0.3, 0.4) is 0 Å². The lowest BCUT2D eigenvalue weighted by atomic mass is 10.0. The molecule has 0 saturated carbocycles. The molecule has 2 rings (SSSR count). The lowest BCUT2D eigenvalue weighted by Gasteiger charge is -2.31. The van der Waals surface area contributed by atoms with Crippen molar-refractivity contribution in [3.63, 3.8) is 0 Å². The molecule has 0 bridgehead atoms. The number of aryl methyl sites for hydroxylation is 1. The second-order valence-corrected chi connectivity index (χ2v) is 5.66. The van der Waals surface area contributed by atoms with Crippen molar-refractivity contribution >= 4 is 0 Å². The van der Waals surface area contributed by atoms with E-state index in [9.17, 15) is 0 Å². The summed E-state index contributed by atoms with van der Waals surface area (Å²) in [5.74, 6) is 0. The number of benzene rings is 1. The molecule has 0 saturated heterocycles. The zero-order chi connectivity index (χ0) is 15.1. The largest absolute Gasteiger partial charge is 0.326 e. The smallest absolute Gasteiger partial charge is 0.0508 e. The number of nitrogens with zero attached hydrogens (tertiary/aromatic N) is 2. The quantitative estimate of drug-likeness (QED) is 0.849. The number of aromatic nitrogens is 1. The van der Waals surface area contributed by atoms with Gasteiger partial charge in [-0.05, 0) is 50.6 Å². The fraction of sp³-hybridized carbons (Fsp3) is 0.389. The molecule has 3 heteroatoms. The Kier molecular flexibility index (Phi) is 5.90. The van der Waals surface area contributed by atoms with Gasteiger partial charge in [0, 0.05) is 18.4 Å². The molecule has 2 N–H and O–H groups in total. The number of hydrogen-bond acceptors (Lipinski definition) is 3. The van der Waals surface area contributed by atoms with E-state index in [4.69, 9.17) is 5.73 Å². The molecule has 21 heavy (non-hydrogen) atoms. The molecule has 0 fully saturated rings. The van der Waals surface area contributed by atoms with Crippen molar-refractivity contribution in [3.8, 4) is 0 Å². The minimum atomic E-state index is 0.0796. The van der Waals surface area contributed by atoms with E-state index in [-0.39, 0.29) is 12.1 Å². The van der Waals surface area contributed by atoms with Crippen molar-refractivity contribution in [1.29, 1.82) is 0 Å². The van der Waals surface area contributed by atoms with Crippen LogP contribution >= 0.6 is 0 Å². The third-order valence-corrected chi connectivity index (χ3v) is 3.82. The van der Waals surface area contributed by atoms with Crippen molar-refractivity contribution in [2.75, 3.05) is 13.6 Å². The molecule has 2 unspecified atom stereocenters. The molecular weight excluding hydrogens is 258 g/mol. The maximum atomic E-state index is 6.18. The molecule has 0 aliphatic carbocycles. The van der Waals surface area contributed by atoms with Crippen LogP contribution in [0.2, 0.25) is 0 Å². The van der Waals surface area contributed by atoms with Crippen molar-refractivity contribution in [3.05, 3.63) is 66.0 Å². The normalized spacial score (nSPS) is 14.1. The van der Waals surface area contributed by atoms with Crippen molar-refractivity contribution in [2.45, 2.75) is 31.8 Å². The van der Waals surface area contributed by atoms with Gasteiger partial charge in [0.2, 0.25) is 0 Å². The minimum Gasteiger partial charge on any atom is -0.326 e. The highest BCUT2D eigenvalue weighted by molar-refractivity contribution is 5.16. The summed E-state index contributed by atoms with van der Waals surface area (Å²) in [5, 5.41) is 0. The number of likely N-dealkylation sites (N-methyl/N-ethyl adjacent to an activating group) is 1. The van der Waals surface area contributed by atoms with Gasteiger partial charge in [-0.15, -0.1) is 0 Å². The monoisotopic (exact) mass is 283 g/mol. The van der Waals surface area contributed by atoms with E-state index in [2.05, 4.69) is 60.3 Å². The Morgan fingerprint density at radius 2 is 1.90 bits per heavy atom. The van der Waals surface area contributed by atoms with E-state index in [1.54, 1.807) is 6.20 Å². The van der Waals surface area contributed by atoms with Crippen LogP contribution in [-0.2, 0) is 6.42 Å². The van der Waals surface area contributed by atoms with Gasteiger partial charge >= 0.3 is 0 Å². The molecule has 1 heterocycles. The fourth-order valence-corrected chi connectivity index (χ4v) is 2.83. The molecule has 0 amide bonds. The predicted molar refractivity (Wildman–Crippen MR) is 88.0 cm³/mol. The van der Waals surface area contributed by atoms with Crippen LogP contribution in [0.25, 0.3) is 0 Å². The van der Waals surface area contributed by atoms with Gasteiger partial charge in [-0.1, -0.05) is 36.4 Å². The fourth-order valence-electron chi connectivity index (χ4n) is 2.83. The summed E-state index contributed by atoms with van der Waals surface area (Å²) < 4.78 is 0. The molecule has 1 aromatic heterocycles. The molecule has 2 atom stereocenters. The summed E-state index contributed by atoms with van der Waals surface area (Å²) in [6.45, 7) is 3.08. The van der Waals surface area contributed by atoms with E-state index < -0.39 is 0 Å². The first-order valence-corrected chi connectivity index (χ1v) is 7.58. The van der Waals surface area contributed by atoms with Gasteiger partial charge in [0.1, 0.15) is 0 Å². The highest BCUT2D eigenvalue weighted by Gasteiger charge is 2.20. The number of nitrogens with two attached hydrogens (primary N) is 1. The molecule has 3 nitrogen and oxygen atoms in total. The second kappa shape index (κ2) is 7.91. The van der Waals surface area contributed by atoms with Crippen LogP contribution in [0.1, 0.15) is 30.5 Å². The molecule has 0 spiro atoms. The highest BCUT2D eigenvalue weighted by atomic mass is 15.1. The van der Waals surface area contributed by atoms with Gasteiger partial charge in [0.25, 0.3) is 0 Å². The van der Waals surface area contributed by atoms with E-state index in [1.165, 1.54) is 11.1 Å². The van der Waals surface area contributed by atoms with Crippen molar-refractivity contribution in [1.82, 2.24) is 9.88 Å². The summed E-state index contributed by atoms with van der Waals surface area (Å²) in [6, 6.07) is 15.0. The van der Waals surface area contributed by atoms with Crippen molar-refractivity contribution < 1.29 is 0 Å². The van der Waals surface area contributed by atoms with Crippen LogP contribution in [0, 0.1) is 0 Å². The molecule has 0 aliphatic heterocycles. The van der Waals surface area contributed by atoms with Gasteiger partial charge in [-0.3, -0.25) is 9.88 Å². The maximum Gasteiger partial charge on any atom is 0.0508 e. The predicted octanol–water partition coefficient (Wildman–Crippen LogP) is 3.03. The zero-order valence-electron chi connectivity index (χ0n) is 12.9. The number of rotatable bonds is 7. The number of pyridine rings is 1. The zero-order valence-corrected chi connectivity index (χ0v) is 12.9. The first-order chi connectivity index (χ1) is 10.2. The van der Waals surface area contributed by atoms with Crippen LogP contribution in [0.5, 0.6) is 0 Å². The Hall–Kier alpha value is -1.71. The first-order valence-electron chi connectivity index (χ1n) is 7.58. The van der Waals surface area contributed by atoms with Crippen LogP contribution < -0.4 is 5.73 Å². The molecule has 2 aromatic rings. The third kappa shape index (κ3) is 4.66. The Morgan fingerprint density at radius 1 is 1.14 bits per heavy atom. The Morgan fingerprint density at radius 3 is 2.52 bits per heavy atom. The number of hydrogen-bond donors (Lipinski definition) is 1. The molecule has 112 valence electrons. The van der Waals surface area contributed by atoms with Gasteiger partial charge < -0.3 is 5.73 Å². The average Bonchev–Trinajstić information content (AvgIpc) is 2.49. The summed E-state index contributed by atoms with van der Waals surface area (Å²) in [4.78, 5) is 6.55. The Labute approximate surface area is 127 Å². The highest BCUT2D eigenvalue weighted by Crippen LogP contribution is 2.21. The molecule has 0 aliphatic rings. The summed E-state index contributed by atoms with van der Waals surface area (Å²) >= 11 is 0. The van der Waals surface area contributed by atoms with Crippen molar-refractivity contribution in [2.24, 2.45) is 5.73 Å². The van der Waals surface area contributed by atoms with E-state index in [0.29, 0.717) is 0 Å². The third-order valence-electron chi connectivity index (χ3n) is 3.82. The van der Waals surface area contributed by atoms with E-state index in [1.807, 2.05) is 12.3 Å².